The van der Waals surface area contributed by atoms with Crippen LogP contribution in [0.3, 0.4) is 0 Å². The second-order valence-corrected chi connectivity index (χ2v) is 4.39. The highest BCUT2D eigenvalue weighted by atomic mass is 16.3. The van der Waals surface area contributed by atoms with E-state index in [4.69, 9.17) is 5.73 Å². The summed E-state index contributed by atoms with van der Waals surface area (Å²) < 4.78 is 0. The Kier molecular flexibility index (Phi) is 2.57. The highest BCUT2D eigenvalue weighted by molar-refractivity contribution is 5.47. The number of phenolic OH excluding ortho intramolecular Hbond substituents is 2. The quantitative estimate of drug-likeness (QED) is 0.618. The van der Waals surface area contributed by atoms with Gasteiger partial charge in [-0.2, -0.15) is 0 Å². The molecule has 1 fully saturated rings. The molecule has 0 atom stereocenters. The molecule has 82 valence electrons. The topological polar surface area (TPSA) is 66.5 Å². The van der Waals surface area contributed by atoms with Crippen molar-refractivity contribution in [1.82, 2.24) is 0 Å². The highest BCUT2D eigenvalue weighted by Gasteiger charge is 2.32. The number of phenols is 2. The van der Waals surface area contributed by atoms with Gasteiger partial charge in [-0.1, -0.05) is 31.4 Å². The molecular formula is C12H17NO2. The summed E-state index contributed by atoms with van der Waals surface area (Å²) in [5.41, 5.74) is 6.50. The average Bonchev–Trinajstić information content (AvgIpc) is 2.23. The second-order valence-electron chi connectivity index (χ2n) is 4.39. The summed E-state index contributed by atoms with van der Waals surface area (Å²) in [6.45, 7) is 0. The number of aromatic hydroxyl groups is 2. The molecule has 0 amide bonds. The van der Waals surface area contributed by atoms with Crippen LogP contribution in [0.5, 0.6) is 11.5 Å². The summed E-state index contributed by atoms with van der Waals surface area (Å²) in [7, 11) is 0. The maximum Gasteiger partial charge on any atom is 0.162 e. The summed E-state index contributed by atoms with van der Waals surface area (Å²) in [4.78, 5) is 0. The molecule has 0 unspecified atom stereocenters. The first-order valence-corrected chi connectivity index (χ1v) is 5.44. The van der Waals surface area contributed by atoms with Gasteiger partial charge in [-0.05, 0) is 18.9 Å². The maximum atomic E-state index is 9.79. The molecule has 1 aliphatic rings. The van der Waals surface area contributed by atoms with E-state index in [1.807, 2.05) is 0 Å². The Hall–Kier alpha value is -1.22. The van der Waals surface area contributed by atoms with Crippen molar-refractivity contribution in [2.24, 2.45) is 5.73 Å². The Morgan fingerprint density at radius 1 is 1.07 bits per heavy atom. The van der Waals surface area contributed by atoms with Gasteiger partial charge in [0.2, 0.25) is 0 Å². The maximum absolute atomic E-state index is 9.79. The van der Waals surface area contributed by atoms with E-state index in [-0.39, 0.29) is 11.5 Å². The van der Waals surface area contributed by atoms with Gasteiger partial charge < -0.3 is 15.9 Å². The van der Waals surface area contributed by atoms with Crippen LogP contribution in [0, 0.1) is 0 Å². The van der Waals surface area contributed by atoms with Crippen molar-refractivity contribution in [3.8, 4) is 11.5 Å². The molecule has 0 spiro atoms. The van der Waals surface area contributed by atoms with Gasteiger partial charge in [0.05, 0.1) is 0 Å². The number of para-hydroxylation sites is 1. The SMILES string of the molecule is NC1(c2cccc(O)c2O)CCCCC1. The predicted octanol–water partition coefficient (Wildman–Crippen LogP) is 2.22. The van der Waals surface area contributed by atoms with Gasteiger partial charge in [-0.25, -0.2) is 0 Å². The molecule has 0 aromatic heterocycles. The van der Waals surface area contributed by atoms with E-state index in [9.17, 15) is 10.2 Å². The van der Waals surface area contributed by atoms with Gasteiger partial charge in [0.15, 0.2) is 11.5 Å². The molecule has 15 heavy (non-hydrogen) atoms. The van der Waals surface area contributed by atoms with E-state index in [0.29, 0.717) is 5.56 Å². The summed E-state index contributed by atoms with van der Waals surface area (Å²) in [5, 5.41) is 19.2. The number of nitrogens with two attached hydrogens (primary N) is 1. The van der Waals surface area contributed by atoms with Crippen LogP contribution in [0.25, 0.3) is 0 Å². The number of rotatable bonds is 1. The van der Waals surface area contributed by atoms with Gasteiger partial charge in [-0.3, -0.25) is 0 Å². The minimum absolute atomic E-state index is 0.0538. The number of hydrogen-bond donors (Lipinski definition) is 3. The molecule has 2 rings (SSSR count). The van der Waals surface area contributed by atoms with Crippen LogP contribution in [0.4, 0.5) is 0 Å². The fourth-order valence-electron chi connectivity index (χ4n) is 2.39. The Labute approximate surface area is 89.5 Å². The lowest BCUT2D eigenvalue weighted by Gasteiger charge is -2.34. The van der Waals surface area contributed by atoms with Crippen molar-refractivity contribution in [1.29, 1.82) is 0 Å². The van der Waals surface area contributed by atoms with E-state index in [1.165, 1.54) is 12.5 Å². The molecule has 1 aromatic carbocycles. The van der Waals surface area contributed by atoms with Gasteiger partial charge >= 0.3 is 0 Å². The number of hydrogen-bond acceptors (Lipinski definition) is 3. The zero-order valence-corrected chi connectivity index (χ0v) is 8.74. The van der Waals surface area contributed by atoms with E-state index in [1.54, 1.807) is 12.1 Å². The molecule has 0 heterocycles. The largest absolute Gasteiger partial charge is 0.504 e. The average molecular weight is 207 g/mol. The van der Waals surface area contributed by atoms with E-state index in [0.717, 1.165) is 25.7 Å². The molecule has 3 nitrogen and oxygen atoms in total. The standard InChI is InChI=1S/C12H17NO2/c13-12(7-2-1-3-8-12)9-5-4-6-10(14)11(9)15/h4-6,14-15H,1-3,7-8,13H2. The van der Waals surface area contributed by atoms with Crippen LogP contribution in [-0.2, 0) is 5.54 Å². The Morgan fingerprint density at radius 2 is 1.73 bits per heavy atom. The molecule has 0 aliphatic heterocycles. The molecule has 0 radical (unpaired) electrons. The fraction of sp³-hybridized carbons (Fsp3) is 0.500. The monoisotopic (exact) mass is 207 g/mol. The van der Waals surface area contributed by atoms with Crippen LogP contribution >= 0.6 is 0 Å². The van der Waals surface area contributed by atoms with E-state index in [2.05, 4.69) is 0 Å². The lowest BCUT2D eigenvalue weighted by Crippen LogP contribution is -2.38. The summed E-state index contributed by atoms with van der Waals surface area (Å²) in [6, 6.07) is 5.01. The van der Waals surface area contributed by atoms with Gasteiger partial charge in [0, 0.05) is 11.1 Å². The molecule has 0 bridgehead atoms. The zero-order valence-electron chi connectivity index (χ0n) is 8.74. The third kappa shape index (κ3) is 1.79. The van der Waals surface area contributed by atoms with Crippen LogP contribution < -0.4 is 5.73 Å². The van der Waals surface area contributed by atoms with Crippen molar-refractivity contribution in [3.63, 3.8) is 0 Å². The molecule has 4 N–H and O–H groups in total. The summed E-state index contributed by atoms with van der Waals surface area (Å²) >= 11 is 0. The van der Waals surface area contributed by atoms with Gasteiger partial charge in [0.1, 0.15) is 0 Å². The first kappa shape index (κ1) is 10.3. The first-order valence-electron chi connectivity index (χ1n) is 5.44. The summed E-state index contributed by atoms with van der Waals surface area (Å²) in [5.74, 6) is -0.134. The smallest absolute Gasteiger partial charge is 0.162 e. The minimum Gasteiger partial charge on any atom is -0.504 e. The third-order valence-corrected chi connectivity index (χ3v) is 3.30. The Bertz CT molecular complexity index is 357. The number of benzene rings is 1. The lowest BCUT2D eigenvalue weighted by atomic mass is 9.77. The highest BCUT2D eigenvalue weighted by Crippen LogP contribution is 2.41. The second kappa shape index (κ2) is 3.74. The minimum atomic E-state index is -0.457. The molecule has 3 heteroatoms. The van der Waals surface area contributed by atoms with Gasteiger partial charge in [0.25, 0.3) is 0 Å². The molecule has 1 aliphatic carbocycles. The van der Waals surface area contributed by atoms with Crippen LogP contribution in [0.2, 0.25) is 0 Å². The normalized spacial score (nSPS) is 20.1. The van der Waals surface area contributed by atoms with Crippen LogP contribution in [0.15, 0.2) is 18.2 Å². The molecular weight excluding hydrogens is 190 g/mol. The van der Waals surface area contributed by atoms with Crippen molar-refractivity contribution in [2.75, 3.05) is 0 Å². The van der Waals surface area contributed by atoms with Crippen molar-refractivity contribution >= 4 is 0 Å². The van der Waals surface area contributed by atoms with Gasteiger partial charge in [-0.15, -0.1) is 0 Å². The molecule has 1 saturated carbocycles. The van der Waals surface area contributed by atoms with Crippen molar-refractivity contribution < 1.29 is 10.2 Å². The van der Waals surface area contributed by atoms with Crippen molar-refractivity contribution in [3.05, 3.63) is 23.8 Å². The Balaban J connectivity index is 2.39. The van der Waals surface area contributed by atoms with E-state index < -0.39 is 5.54 Å². The predicted molar refractivity (Wildman–Crippen MR) is 58.7 cm³/mol. The fourth-order valence-corrected chi connectivity index (χ4v) is 2.39. The van der Waals surface area contributed by atoms with E-state index >= 15 is 0 Å². The van der Waals surface area contributed by atoms with Crippen molar-refractivity contribution in [2.45, 2.75) is 37.6 Å². The lowest BCUT2D eigenvalue weighted by molar-refractivity contribution is 0.288. The van der Waals surface area contributed by atoms with Crippen LogP contribution in [0.1, 0.15) is 37.7 Å². The van der Waals surface area contributed by atoms with Crippen LogP contribution in [-0.4, -0.2) is 10.2 Å². The Morgan fingerprint density at radius 3 is 2.40 bits per heavy atom. The molecule has 1 aromatic rings. The third-order valence-electron chi connectivity index (χ3n) is 3.30. The summed E-state index contributed by atoms with van der Waals surface area (Å²) in [6.07, 6.45) is 5.14. The molecule has 0 saturated heterocycles. The zero-order chi connectivity index (χ0) is 10.9. The first-order chi connectivity index (χ1) is 7.13.